The van der Waals surface area contributed by atoms with Gasteiger partial charge in [-0.3, -0.25) is 18.6 Å². The molecule has 356 valence electrons. The molecule has 0 aliphatic rings. The number of phosphoric acid groups is 1. The van der Waals surface area contributed by atoms with Crippen LogP contribution in [0.25, 0.3) is 0 Å². The van der Waals surface area contributed by atoms with Crippen LogP contribution in [0, 0.1) is 0 Å². The van der Waals surface area contributed by atoms with Crippen molar-refractivity contribution in [3.63, 3.8) is 0 Å². The number of phosphoric ester groups is 1. The summed E-state index contributed by atoms with van der Waals surface area (Å²) in [6.45, 7) is 3.85. The van der Waals surface area contributed by atoms with Crippen LogP contribution in [-0.2, 0) is 32.7 Å². The smallest absolute Gasteiger partial charge is 0.462 e. The van der Waals surface area contributed by atoms with E-state index in [9.17, 15) is 24.2 Å². The molecule has 0 bridgehead atoms. The van der Waals surface area contributed by atoms with E-state index in [4.69, 9.17) is 18.5 Å². The quantitative estimate of drug-likeness (QED) is 0.0202. The Balaban J connectivity index is 4.44. The van der Waals surface area contributed by atoms with E-state index >= 15 is 0 Å². The number of hydrogen-bond acceptors (Lipinski definition) is 8. The number of unbranched alkanes of at least 4 members (excludes halogenated alkanes) is 12. The SMILES string of the molecule is CCCCCC/C=C\C/C=C\C/C=C\CCCCCCCCC(=O)OC[C@H](COP(=O)(O)OCC[N+](C)(C)C)OC(=O)CCC/C=C\C/C=C\C/C=C\C/C=C\CCC[C@H](C)O. The topological polar surface area (TPSA) is 129 Å². The molecule has 0 aromatic rings. The molecule has 0 aromatic carbocycles. The van der Waals surface area contributed by atoms with Crippen molar-refractivity contribution in [2.24, 2.45) is 0 Å². The number of rotatable bonds is 42. The molecule has 0 saturated carbocycles. The van der Waals surface area contributed by atoms with Crippen LogP contribution in [0.4, 0.5) is 0 Å². The van der Waals surface area contributed by atoms with Gasteiger partial charge >= 0.3 is 19.8 Å². The van der Waals surface area contributed by atoms with Gasteiger partial charge in [-0.15, -0.1) is 0 Å². The van der Waals surface area contributed by atoms with Gasteiger partial charge in [0, 0.05) is 12.8 Å². The highest BCUT2D eigenvalue weighted by Crippen LogP contribution is 2.43. The normalized spacial score (nSPS) is 14.8. The molecule has 0 rings (SSSR count). The molecule has 0 aliphatic carbocycles. The molecule has 0 amide bonds. The molecule has 10 nitrogen and oxygen atoms in total. The Kier molecular flexibility index (Phi) is 40.2. The Labute approximate surface area is 378 Å². The summed E-state index contributed by atoms with van der Waals surface area (Å²) in [5, 5.41) is 9.29. The van der Waals surface area contributed by atoms with Gasteiger partial charge in [-0.1, -0.05) is 137 Å². The lowest BCUT2D eigenvalue weighted by Crippen LogP contribution is -2.37. The number of aliphatic hydroxyl groups is 1. The number of likely N-dealkylation sites (N-methyl/N-ethyl adjacent to an activating group) is 1. The van der Waals surface area contributed by atoms with Crippen molar-refractivity contribution in [2.45, 2.75) is 180 Å². The summed E-state index contributed by atoms with van der Waals surface area (Å²) in [5.74, 6) is -0.902. The summed E-state index contributed by atoms with van der Waals surface area (Å²) < 4.78 is 34.3. The van der Waals surface area contributed by atoms with Gasteiger partial charge in [0.2, 0.25) is 0 Å². The van der Waals surface area contributed by atoms with Gasteiger partial charge in [-0.2, -0.15) is 0 Å². The maximum Gasteiger partial charge on any atom is 0.472 e. The van der Waals surface area contributed by atoms with Crippen molar-refractivity contribution in [1.29, 1.82) is 0 Å². The summed E-state index contributed by atoms with van der Waals surface area (Å²) in [7, 11) is 1.40. The first-order valence-corrected chi connectivity index (χ1v) is 25.3. The fourth-order valence-electron chi connectivity index (χ4n) is 5.91. The largest absolute Gasteiger partial charge is 0.472 e. The third-order valence-corrected chi connectivity index (χ3v) is 10.7. The summed E-state index contributed by atoms with van der Waals surface area (Å²) >= 11 is 0. The van der Waals surface area contributed by atoms with E-state index in [0.717, 1.165) is 89.9 Å². The van der Waals surface area contributed by atoms with E-state index < -0.39 is 32.5 Å². The van der Waals surface area contributed by atoms with Crippen LogP contribution < -0.4 is 0 Å². The van der Waals surface area contributed by atoms with Crippen molar-refractivity contribution >= 4 is 19.8 Å². The fourth-order valence-corrected chi connectivity index (χ4v) is 6.65. The number of carbonyl (C=O) groups excluding carboxylic acids is 2. The highest BCUT2D eigenvalue weighted by molar-refractivity contribution is 7.47. The lowest BCUT2D eigenvalue weighted by atomic mass is 10.1. The second-order valence-electron chi connectivity index (χ2n) is 17.1. The Hall–Kier alpha value is -2.85. The zero-order chi connectivity index (χ0) is 45.8. The minimum absolute atomic E-state index is 0.00881. The number of allylic oxidation sites excluding steroid dienone is 14. The lowest BCUT2D eigenvalue weighted by Gasteiger charge is -2.24. The Bertz CT molecular complexity index is 1340. The average Bonchev–Trinajstić information content (AvgIpc) is 3.21. The third kappa shape index (κ3) is 46.6. The molecule has 11 heteroatoms. The summed E-state index contributed by atoms with van der Waals surface area (Å²) in [6.07, 6.45) is 52.0. The van der Waals surface area contributed by atoms with Gasteiger partial charge < -0.3 is 24.0 Å². The number of quaternary nitrogens is 1. The second kappa shape index (κ2) is 42.1. The zero-order valence-corrected chi connectivity index (χ0v) is 40.6. The van der Waals surface area contributed by atoms with Crippen LogP contribution >= 0.6 is 7.82 Å². The van der Waals surface area contributed by atoms with Crippen molar-refractivity contribution in [1.82, 2.24) is 0 Å². The molecular formula is C51H89NO9P+. The van der Waals surface area contributed by atoms with Crippen molar-refractivity contribution < 1.29 is 47.2 Å². The van der Waals surface area contributed by atoms with Crippen LogP contribution in [0.3, 0.4) is 0 Å². The van der Waals surface area contributed by atoms with Gasteiger partial charge in [0.05, 0.1) is 33.9 Å². The second-order valence-corrected chi connectivity index (χ2v) is 18.5. The molecule has 2 N–H and O–H groups in total. The van der Waals surface area contributed by atoms with Gasteiger partial charge in [-0.25, -0.2) is 4.57 Å². The molecule has 62 heavy (non-hydrogen) atoms. The molecular weight excluding hydrogens is 802 g/mol. The third-order valence-electron chi connectivity index (χ3n) is 9.67. The lowest BCUT2D eigenvalue weighted by molar-refractivity contribution is -0.870. The predicted octanol–water partition coefficient (Wildman–Crippen LogP) is 12.9. The van der Waals surface area contributed by atoms with Gasteiger partial charge in [0.25, 0.3) is 0 Å². The first-order chi connectivity index (χ1) is 29.8. The number of hydrogen-bond donors (Lipinski definition) is 2. The number of aliphatic hydroxyl groups excluding tert-OH is 1. The van der Waals surface area contributed by atoms with E-state index in [2.05, 4.69) is 85.9 Å². The molecule has 0 radical (unpaired) electrons. The molecule has 0 aliphatic heterocycles. The standard InChI is InChI=1S/C51H88NO9P/c1-6-7-8-9-10-11-12-13-14-15-16-17-18-21-24-27-30-33-36-39-42-50(54)58-46-49(47-60-62(56,57)59-45-44-52(3,4)5)61-51(55)43-40-37-34-31-28-25-22-19-20-23-26-29-32-35-38-41-48(2)53/h11-12,14-15,17-18,20,22-23,25,29,31-32,34,48-49,53H,6-10,13,16,19,21,24,26-28,30,33,35-47H2,1-5H3/p+1/b12-11-,15-14-,18-17-,23-20-,25-22-,32-29-,34-31-/t48-,49+/m0/s1. The molecule has 0 fully saturated rings. The molecule has 0 heterocycles. The fraction of sp³-hybridized carbons (Fsp3) is 0.686. The summed E-state index contributed by atoms with van der Waals surface area (Å²) in [4.78, 5) is 35.4. The molecule has 0 spiro atoms. The predicted molar refractivity (Wildman–Crippen MR) is 258 cm³/mol. The Morgan fingerprint density at radius 2 is 1.00 bits per heavy atom. The number of carbonyl (C=O) groups is 2. The molecule has 0 aromatic heterocycles. The number of nitrogens with zero attached hydrogens (tertiary/aromatic N) is 1. The van der Waals surface area contributed by atoms with Crippen LogP contribution in [0.5, 0.6) is 0 Å². The van der Waals surface area contributed by atoms with Crippen molar-refractivity contribution in [3.8, 4) is 0 Å². The van der Waals surface area contributed by atoms with Crippen molar-refractivity contribution in [2.75, 3.05) is 47.5 Å². The highest BCUT2D eigenvalue weighted by Gasteiger charge is 2.27. The highest BCUT2D eigenvalue weighted by atomic mass is 31.2. The van der Waals surface area contributed by atoms with E-state index in [1.54, 1.807) is 0 Å². The average molecular weight is 891 g/mol. The minimum Gasteiger partial charge on any atom is -0.462 e. The van der Waals surface area contributed by atoms with E-state index in [1.165, 1.54) is 32.1 Å². The Morgan fingerprint density at radius 3 is 1.50 bits per heavy atom. The number of esters is 2. The van der Waals surface area contributed by atoms with E-state index in [1.807, 2.05) is 34.1 Å². The van der Waals surface area contributed by atoms with Crippen LogP contribution in [-0.4, -0.2) is 86.1 Å². The van der Waals surface area contributed by atoms with Gasteiger partial charge in [0.15, 0.2) is 6.10 Å². The minimum atomic E-state index is -4.41. The zero-order valence-electron chi connectivity index (χ0n) is 39.7. The summed E-state index contributed by atoms with van der Waals surface area (Å²) in [6, 6.07) is 0. The van der Waals surface area contributed by atoms with Crippen LogP contribution in [0.1, 0.15) is 168 Å². The summed E-state index contributed by atoms with van der Waals surface area (Å²) in [5.41, 5.74) is 0. The Morgan fingerprint density at radius 1 is 0.565 bits per heavy atom. The van der Waals surface area contributed by atoms with E-state index in [0.29, 0.717) is 30.3 Å². The molecule has 3 atom stereocenters. The maximum absolute atomic E-state index is 12.7. The first kappa shape index (κ1) is 59.1. The van der Waals surface area contributed by atoms with E-state index in [-0.39, 0.29) is 32.2 Å². The number of ether oxygens (including phenoxy) is 2. The van der Waals surface area contributed by atoms with Crippen molar-refractivity contribution in [3.05, 3.63) is 85.1 Å². The van der Waals surface area contributed by atoms with Crippen LogP contribution in [0.2, 0.25) is 0 Å². The van der Waals surface area contributed by atoms with Gasteiger partial charge in [-0.05, 0) is 103 Å². The monoisotopic (exact) mass is 891 g/mol. The molecule has 0 saturated heterocycles. The maximum atomic E-state index is 12.7. The van der Waals surface area contributed by atoms with Crippen LogP contribution in [0.15, 0.2) is 85.1 Å². The first-order valence-electron chi connectivity index (χ1n) is 23.8. The van der Waals surface area contributed by atoms with Gasteiger partial charge in [0.1, 0.15) is 19.8 Å². The molecule has 1 unspecified atom stereocenters.